The van der Waals surface area contributed by atoms with Crippen LogP contribution >= 0.6 is 11.6 Å². The van der Waals surface area contributed by atoms with Crippen molar-refractivity contribution >= 4 is 17.3 Å². The van der Waals surface area contributed by atoms with Crippen molar-refractivity contribution in [2.45, 2.75) is 59.0 Å². The first-order valence-electron chi connectivity index (χ1n) is 8.17. The number of anilines is 1. The Morgan fingerprint density at radius 1 is 1.29 bits per heavy atom. The minimum Gasteiger partial charge on any atom is -0.371 e. The van der Waals surface area contributed by atoms with Gasteiger partial charge in [0, 0.05) is 35.9 Å². The summed E-state index contributed by atoms with van der Waals surface area (Å²) in [6.45, 7) is 11.9. The van der Waals surface area contributed by atoms with Gasteiger partial charge >= 0.3 is 0 Å². The van der Waals surface area contributed by atoms with E-state index < -0.39 is 0 Å². The molecule has 2 rings (SSSR count). The summed E-state index contributed by atoms with van der Waals surface area (Å²) in [5, 5.41) is 4.40. The molecule has 3 heteroatoms. The highest BCUT2D eigenvalue weighted by Gasteiger charge is 2.21. The molecule has 1 aromatic carbocycles. The van der Waals surface area contributed by atoms with Gasteiger partial charge < -0.3 is 10.2 Å². The third-order valence-corrected chi connectivity index (χ3v) is 4.51. The molecule has 1 saturated carbocycles. The molecule has 0 bridgehead atoms. The molecule has 0 aromatic heterocycles. The lowest BCUT2D eigenvalue weighted by molar-refractivity contribution is 0.318. The summed E-state index contributed by atoms with van der Waals surface area (Å²) >= 11 is 6.21. The van der Waals surface area contributed by atoms with Crippen molar-refractivity contribution in [3.8, 4) is 0 Å². The number of hydrogen-bond acceptors (Lipinski definition) is 2. The summed E-state index contributed by atoms with van der Waals surface area (Å²) < 4.78 is 0. The smallest absolute Gasteiger partial charge is 0.0412 e. The van der Waals surface area contributed by atoms with E-state index in [9.17, 15) is 0 Å². The molecular weight excluding hydrogens is 280 g/mol. The fraction of sp³-hybridized carbons (Fsp3) is 0.667. The molecule has 1 aromatic rings. The molecule has 0 amide bonds. The molecule has 1 aliphatic rings. The van der Waals surface area contributed by atoms with Gasteiger partial charge in [-0.25, -0.2) is 0 Å². The van der Waals surface area contributed by atoms with Crippen LogP contribution in [0.4, 0.5) is 5.69 Å². The molecule has 0 atom stereocenters. The highest BCUT2D eigenvalue weighted by atomic mass is 35.5. The molecule has 0 radical (unpaired) electrons. The quantitative estimate of drug-likeness (QED) is 0.807. The van der Waals surface area contributed by atoms with Crippen molar-refractivity contribution in [2.75, 3.05) is 18.0 Å². The molecule has 0 heterocycles. The average molecular weight is 309 g/mol. The third-order valence-electron chi connectivity index (χ3n) is 4.28. The Kier molecular flexibility index (Phi) is 5.56. The second-order valence-corrected chi connectivity index (χ2v) is 7.65. The predicted octanol–water partition coefficient (Wildman–Crippen LogP) is 4.85. The lowest BCUT2D eigenvalue weighted by Crippen LogP contribution is -2.37. The summed E-state index contributed by atoms with van der Waals surface area (Å²) in [7, 11) is 0. The average Bonchev–Trinajstić information content (AvgIpc) is 2.36. The van der Waals surface area contributed by atoms with Crippen LogP contribution in [0.25, 0.3) is 0 Å². The SMILES string of the molecule is CCN(CC1CCC1)c1ccc(Cl)cc1CNC(C)(C)C. The minimum atomic E-state index is 0.116. The highest BCUT2D eigenvalue weighted by Crippen LogP contribution is 2.31. The molecular formula is C18H29ClN2. The molecule has 0 spiro atoms. The Morgan fingerprint density at radius 3 is 2.52 bits per heavy atom. The summed E-state index contributed by atoms with van der Waals surface area (Å²) in [4.78, 5) is 2.51. The third kappa shape index (κ3) is 4.89. The van der Waals surface area contributed by atoms with Crippen molar-refractivity contribution in [3.63, 3.8) is 0 Å². The van der Waals surface area contributed by atoms with E-state index in [0.29, 0.717) is 0 Å². The number of nitrogens with zero attached hydrogens (tertiary/aromatic N) is 1. The summed E-state index contributed by atoms with van der Waals surface area (Å²) in [6, 6.07) is 6.31. The molecule has 1 N–H and O–H groups in total. The van der Waals surface area contributed by atoms with Crippen LogP contribution in [0, 0.1) is 5.92 Å². The Hall–Kier alpha value is -0.730. The van der Waals surface area contributed by atoms with Gasteiger partial charge in [0.1, 0.15) is 0 Å². The van der Waals surface area contributed by atoms with Gasteiger partial charge in [-0.15, -0.1) is 0 Å². The van der Waals surface area contributed by atoms with Crippen LogP contribution in [0.1, 0.15) is 52.5 Å². The molecule has 118 valence electrons. The van der Waals surface area contributed by atoms with Gasteiger partial charge in [0.05, 0.1) is 0 Å². The maximum Gasteiger partial charge on any atom is 0.0412 e. The predicted molar refractivity (Wildman–Crippen MR) is 93.3 cm³/mol. The molecule has 21 heavy (non-hydrogen) atoms. The zero-order valence-electron chi connectivity index (χ0n) is 13.9. The topological polar surface area (TPSA) is 15.3 Å². The van der Waals surface area contributed by atoms with Crippen molar-refractivity contribution < 1.29 is 0 Å². The van der Waals surface area contributed by atoms with Gasteiger partial charge in [-0.2, -0.15) is 0 Å². The van der Waals surface area contributed by atoms with Crippen LogP contribution in [0.2, 0.25) is 5.02 Å². The number of hydrogen-bond donors (Lipinski definition) is 1. The molecule has 0 unspecified atom stereocenters. The van der Waals surface area contributed by atoms with Gasteiger partial charge in [0.25, 0.3) is 0 Å². The van der Waals surface area contributed by atoms with E-state index in [0.717, 1.165) is 24.0 Å². The van der Waals surface area contributed by atoms with Crippen LogP contribution < -0.4 is 10.2 Å². The fourth-order valence-corrected chi connectivity index (χ4v) is 2.94. The van der Waals surface area contributed by atoms with E-state index >= 15 is 0 Å². The number of benzene rings is 1. The standard InChI is InChI=1S/C18H29ClN2/c1-5-21(13-14-7-6-8-14)17-10-9-16(19)11-15(17)12-20-18(2,3)4/h9-11,14,20H,5-8,12-13H2,1-4H3. The van der Waals surface area contributed by atoms with Crippen LogP contribution in [0.3, 0.4) is 0 Å². The van der Waals surface area contributed by atoms with E-state index in [1.807, 2.05) is 6.07 Å². The van der Waals surface area contributed by atoms with Crippen LogP contribution in [-0.4, -0.2) is 18.6 Å². The molecule has 0 aliphatic heterocycles. The van der Waals surface area contributed by atoms with Crippen molar-refractivity contribution in [1.29, 1.82) is 0 Å². The van der Waals surface area contributed by atoms with Crippen molar-refractivity contribution in [2.24, 2.45) is 5.92 Å². The second-order valence-electron chi connectivity index (χ2n) is 7.21. The number of nitrogens with one attached hydrogen (secondary N) is 1. The van der Waals surface area contributed by atoms with Crippen LogP contribution in [0.5, 0.6) is 0 Å². The molecule has 0 saturated heterocycles. The summed E-state index contributed by atoms with van der Waals surface area (Å²) in [6.07, 6.45) is 4.18. The Balaban J connectivity index is 2.15. The monoisotopic (exact) mass is 308 g/mol. The van der Waals surface area contributed by atoms with E-state index in [2.05, 4.69) is 50.0 Å². The van der Waals surface area contributed by atoms with Gasteiger partial charge in [-0.05, 0) is 70.2 Å². The molecule has 1 aliphatic carbocycles. The fourth-order valence-electron chi connectivity index (χ4n) is 2.75. The summed E-state index contributed by atoms with van der Waals surface area (Å²) in [5.41, 5.74) is 2.76. The number of rotatable bonds is 6. The molecule has 1 fully saturated rings. The van der Waals surface area contributed by atoms with Crippen LogP contribution in [-0.2, 0) is 6.54 Å². The minimum absolute atomic E-state index is 0.116. The molecule has 2 nitrogen and oxygen atoms in total. The van der Waals surface area contributed by atoms with E-state index in [-0.39, 0.29) is 5.54 Å². The first-order valence-corrected chi connectivity index (χ1v) is 8.55. The lowest BCUT2D eigenvalue weighted by Gasteiger charge is -2.34. The highest BCUT2D eigenvalue weighted by molar-refractivity contribution is 6.30. The van der Waals surface area contributed by atoms with Gasteiger partial charge in [0.2, 0.25) is 0 Å². The first-order chi connectivity index (χ1) is 9.89. The van der Waals surface area contributed by atoms with Gasteiger partial charge in [0.15, 0.2) is 0 Å². The van der Waals surface area contributed by atoms with Crippen molar-refractivity contribution in [1.82, 2.24) is 5.32 Å². The zero-order valence-corrected chi connectivity index (χ0v) is 14.6. The first kappa shape index (κ1) is 16.6. The largest absolute Gasteiger partial charge is 0.371 e. The van der Waals surface area contributed by atoms with E-state index in [1.165, 1.54) is 37.1 Å². The van der Waals surface area contributed by atoms with E-state index in [4.69, 9.17) is 11.6 Å². The van der Waals surface area contributed by atoms with Crippen LogP contribution in [0.15, 0.2) is 18.2 Å². The maximum absolute atomic E-state index is 6.21. The Morgan fingerprint density at radius 2 is 2.00 bits per heavy atom. The maximum atomic E-state index is 6.21. The number of halogens is 1. The zero-order chi connectivity index (χ0) is 15.5. The summed E-state index contributed by atoms with van der Waals surface area (Å²) in [5.74, 6) is 0.879. The van der Waals surface area contributed by atoms with E-state index in [1.54, 1.807) is 0 Å². The van der Waals surface area contributed by atoms with Gasteiger partial charge in [-0.3, -0.25) is 0 Å². The lowest BCUT2D eigenvalue weighted by atomic mass is 9.85. The second kappa shape index (κ2) is 7.02. The normalized spacial score (nSPS) is 15.9. The van der Waals surface area contributed by atoms with Crippen molar-refractivity contribution in [3.05, 3.63) is 28.8 Å². The Bertz CT molecular complexity index is 461. The Labute approximate surface area is 134 Å². The van der Waals surface area contributed by atoms with Gasteiger partial charge in [-0.1, -0.05) is 18.0 Å².